The van der Waals surface area contributed by atoms with E-state index >= 15 is 0 Å². The zero-order chi connectivity index (χ0) is 17.4. The Morgan fingerprint density at radius 1 is 1.33 bits per heavy atom. The first-order chi connectivity index (χ1) is 11.6. The van der Waals surface area contributed by atoms with Crippen molar-refractivity contribution >= 4 is 5.91 Å². The van der Waals surface area contributed by atoms with Gasteiger partial charge in [-0.1, -0.05) is 6.07 Å². The summed E-state index contributed by atoms with van der Waals surface area (Å²) in [5.74, 6) is -0.245. The number of hydrogen-bond acceptors (Lipinski definition) is 7. The maximum atomic E-state index is 11.8. The van der Waals surface area contributed by atoms with Crippen LogP contribution in [0.25, 0.3) is 0 Å². The number of aliphatic hydroxyl groups excluding tert-OH is 2. The molecule has 4 atom stereocenters. The molecule has 8 heteroatoms. The molecule has 0 aromatic carbocycles. The van der Waals surface area contributed by atoms with Gasteiger partial charge in [0.05, 0.1) is 30.9 Å². The van der Waals surface area contributed by atoms with E-state index in [1.165, 1.54) is 0 Å². The van der Waals surface area contributed by atoms with Crippen LogP contribution in [0.3, 0.4) is 0 Å². The number of aromatic nitrogens is 1. The highest BCUT2D eigenvalue weighted by atomic mass is 16.5. The average Bonchev–Trinajstić information content (AvgIpc) is 2.84. The SMILES string of the molecule is COCCNC(=O)C[C@H]1O[C@H](CNCc2ccccn2)[C@@H](O)[C@H]1O. The molecule has 134 valence electrons. The standard InChI is InChI=1S/C16H25N3O5/c1-23-7-6-19-14(20)8-12-15(21)16(22)13(24-12)10-17-9-11-4-2-3-5-18-11/h2-5,12-13,15-17,21-22H,6-10H2,1H3,(H,19,20)/t12-,13-,15+,16-/m1/s1. The first kappa shape index (κ1) is 18.8. The Kier molecular flexibility index (Phi) is 7.54. The van der Waals surface area contributed by atoms with Crippen molar-refractivity contribution < 1.29 is 24.5 Å². The molecule has 1 saturated heterocycles. The van der Waals surface area contributed by atoms with Crippen molar-refractivity contribution in [2.45, 2.75) is 37.4 Å². The minimum absolute atomic E-state index is 0.00131. The molecule has 8 nitrogen and oxygen atoms in total. The predicted octanol–water partition coefficient (Wildman–Crippen LogP) is -1.19. The summed E-state index contributed by atoms with van der Waals surface area (Å²) < 4.78 is 10.5. The van der Waals surface area contributed by atoms with Gasteiger partial charge in [-0.05, 0) is 12.1 Å². The van der Waals surface area contributed by atoms with Crippen LogP contribution in [-0.2, 0) is 20.8 Å². The van der Waals surface area contributed by atoms with Gasteiger partial charge in [0, 0.05) is 32.9 Å². The maximum absolute atomic E-state index is 11.8. The quantitative estimate of drug-likeness (QED) is 0.419. The zero-order valence-corrected chi connectivity index (χ0v) is 13.7. The third kappa shape index (κ3) is 5.50. The number of aliphatic hydroxyl groups is 2. The Labute approximate surface area is 141 Å². The molecule has 1 aliphatic rings. The molecule has 0 saturated carbocycles. The minimum Gasteiger partial charge on any atom is -0.388 e. The van der Waals surface area contributed by atoms with E-state index < -0.39 is 24.4 Å². The molecule has 2 rings (SSSR count). The maximum Gasteiger partial charge on any atom is 0.222 e. The molecule has 24 heavy (non-hydrogen) atoms. The van der Waals surface area contributed by atoms with E-state index in [-0.39, 0.29) is 12.3 Å². The van der Waals surface area contributed by atoms with Crippen molar-refractivity contribution in [3.05, 3.63) is 30.1 Å². The summed E-state index contributed by atoms with van der Waals surface area (Å²) in [7, 11) is 1.55. The second-order valence-electron chi connectivity index (χ2n) is 5.69. The van der Waals surface area contributed by atoms with Crippen molar-refractivity contribution in [1.82, 2.24) is 15.6 Å². The number of amides is 1. The summed E-state index contributed by atoms with van der Waals surface area (Å²) in [6.45, 7) is 1.71. The van der Waals surface area contributed by atoms with Gasteiger partial charge in [-0.2, -0.15) is 0 Å². The highest BCUT2D eigenvalue weighted by Gasteiger charge is 2.42. The summed E-state index contributed by atoms with van der Waals surface area (Å²) >= 11 is 0. The fourth-order valence-electron chi connectivity index (χ4n) is 2.56. The average molecular weight is 339 g/mol. The second kappa shape index (κ2) is 9.65. The molecule has 0 radical (unpaired) electrons. The van der Waals surface area contributed by atoms with E-state index in [1.54, 1.807) is 13.3 Å². The lowest BCUT2D eigenvalue weighted by atomic mass is 10.1. The van der Waals surface area contributed by atoms with Crippen molar-refractivity contribution in [1.29, 1.82) is 0 Å². The largest absolute Gasteiger partial charge is 0.388 e. The summed E-state index contributed by atoms with van der Waals surface area (Å²) in [6.07, 6.45) is -1.69. The molecule has 0 bridgehead atoms. The van der Waals surface area contributed by atoms with E-state index in [0.29, 0.717) is 26.2 Å². The van der Waals surface area contributed by atoms with E-state index in [0.717, 1.165) is 5.69 Å². The van der Waals surface area contributed by atoms with Gasteiger partial charge in [0.15, 0.2) is 0 Å². The van der Waals surface area contributed by atoms with Crippen molar-refractivity contribution in [2.24, 2.45) is 0 Å². The van der Waals surface area contributed by atoms with Gasteiger partial charge in [0.2, 0.25) is 5.91 Å². The summed E-state index contributed by atoms with van der Waals surface area (Å²) in [5.41, 5.74) is 0.875. The van der Waals surface area contributed by atoms with Gasteiger partial charge in [-0.15, -0.1) is 0 Å². The summed E-state index contributed by atoms with van der Waals surface area (Å²) in [6, 6.07) is 5.62. The van der Waals surface area contributed by atoms with Crippen LogP contribution < -0.4 is 10.6 Å². The van der Waals surface area contributed by atoms with Gasteiger partial charge in [0.25, 0.3) is 0 Å². The minimum atomic E-state index is -1.08. The van der Waals surface area contributed by atoms with Gasteiger partial charge < -0.3 is 30.3 Å². The Hall–Kier alpha value is -1.58. The Morgan fingerprint density at radius 3 is 2.83 bits per heavy atom. The summed E-state index contributed by atoms with van der Waals surface area (Å²) in [5, 5.41) is 25.9. The number of nitrogens with zero attached hydrogens (tertiary/aromatic N) is 1. The molecule has 0 unspecified atom stereocenters. The normalized spacial score (nSPS) is 26.5. The number of carbonyl (C=O) groups is 1. The van der Waals surface area contributed by atoms with E-state index in [2.05, 4.69) is 15.6 Å². The first-order valence-electron chi connectivity index (χ1n) is 7.99. The molecular formula is C16H25N3O5. The Balaban J connectivity index is 1.74. The van der Waals surface area contributed by atoms with Crippen molar-refractivity contribution in [3.63, 3.8) is 0 Å². The molecule has 1 aromatic heterocycles. The molecule has 1 aromatic rings. The Morgan fingerprint density at radius 2 is 2.12 bits per heavy atom. The number of hydrogen-bond donors (Lipinski definition) is 4. The van der Waals surface area contributed by atoms with Crippen LogP contribution in [0.1, 0.15) is 12.1 Å². The van der Waals surface area contributed by atoms with E-state index in [4.69, 9.17) is 9.47 Å². The van der Waals surface area contributed by atoms with Gasteiger partial charge >= 0.3 is 0 Å². The van der Waals surface area contributed by atoms with Crippen molar-refractivity contribution in [2.75, 3.05) is 26.8 Å². The number of pyridine rings is 1. The smallest absolute Gasteiger partial charge is 0.222 e. The first-order valence-corrected chi connectivity index (χ1v) is 7.99. The van der Waals surface area contributed by atoms with Crippen LogP contribution in [0, 0.1) is 0 Å². The van der Waals surface area contributed by atoms with Crippen molar-refractivity contribution in [3.8, 4) is 0 Å². The second-order valence-corrected chi connectivity index (χ2v) is 5.69. The summed E-state index contributed by atoms with van der Waals surface area (Å²) in [4.78, 5) is 16.0. The van der Waals surface area contributed by atoms with Gasteiger partial charge in [0.1, 0.15) is 12.2 Å². The number of ether oxygens (including phenoxy) is 2. The molecular weight excluding hydrogens is 314 g/mol. The van der Waals surface area contributed by atoms with E-state index in [1.807, 2.05) is 18.2 Å². The van der Waals surface area contributed by atoms with Crippen LogP contribution in [0.4, 0.5) is 0 Å². The zero-order valence-electron chi connectivity index (χ0n) is 13.7. The van der Waals surface area contributed by atoms with Crippen LogP contribution in [-0.4, -0.2) is 72.3 Å². The number of nitrogens with one attached hydrogen (secondary N) is 2. The van der Waals surface area contributed by atoms with Crippen LogP contribution >= 0.6 is 0 Å². The van der Waals surface area contributed by atoms with Crippen LogP contribution in [0.2, 0.25) is 0 Å². The third-order valence-electron chi connectivity index (χ3n) is 3.85. The third-order valence-corrected chi connectivity index (χ3v) is 3.85. The lowest BCUT2D eigenvalue weighted by molar-refractivity contribution is -0.125. The van der Waals surface area contributed by atoms with Gasteiger partial charge in [-0.25, -0.2) is 0 Å². The highest BCUT2D eigenvalue weighted by Crippen LogP contribution is 2.23. The molecule has 1 fully saturated rings. The topological polar surface area (TPSA) is 113 Å². The molecule has 2 heterocycles. The fraction of sp³-hybridized carbons (Fsp3) is 0.625. The predicted molar refractivity (Wildman–Crippen MR) is 86.1 cm³/mol. The van der Waals surface area contributed by atoms with Crippen LogP contribution in [0.15, 0.2) is 24.4 Å². The fourth-order valence-corrected chi connectivity index (χ4v) is 2.56. The lowest BCUT2D eigenvalue weighted by Gasteiger charge is -2.15. The molecule has 0 spiro atoms. The number of methoxy groups -OCH3 is 1. The monoisotopic (exact) mass is 339 g/mol. The molecule has 1 amide bonds. The number of carbonyl (C=O) groups excluding carboxylic acids is 1. The van der Waals surface area contributed by atoms with E-state index in [9.17, 15) is 15.0 Å². The van der Waals surface area contributed by atoms with Gasteiger partial charge in [-0.3, -0.25) is 9.78 Å². The highest BCUT2D eigenvalue weighted by molar-refractivity contribution is 5.76. The molecule has 4 N–H and O–H groups in total. The molecule has 0 aliphatic carbocycles. The Bertz CT molecular complexity index is 502. The lowest BCUT2D eigenvalue weighted by Crippen LogP contribution is -2.38. The molecule has 1 aliphatic heterocycles. The number of rotatable bonds is 9. The van der Waals surface area contributed by atoms with Crippen LogP contribution in [0.5, 0.6) is 0 Å².